The van der Waals surface area contributed by atoms with E-state index in [4.69, 9.17) is 4.74 Å². The molecule has 0 aliphatic carbocycles. The highest BCUT2D eigenvalue weighted by Gasteiger charge is 2.22. The lowest BCUT2D eigenvalue weighted by Gasteiger charge is -2.34. The number of piperazine rings is 1. The molecular formula is C13H18N2O. The summed E-state index contributed by atoms with van der Waals surface area (Å²) in [6, 6.07) is 6.53. The van der Waals surface area contributed by atoms with Gasteiger partial charge in [0.25, 0.3) is 0 Å². The molecule has 3 rings (SSSR count). The van der Waals surface area contributed by atoms with Crippen LogP contribution in [-0.2, 0) is 6.42 Å². The summed E-state index contributed by atoms with van der Waals surface area (Å²) in [5.41, 5.74) is 2.67. The molecule has 0 spiro atoms. The molecule has 16 heavy (non-hydrogen) atoms. The second-order valence-corrected chi connectivity index (χ2v) is 4.65. The van der Waals surface area contributed by atoms with E-state index in [0.717, 1.165) is 45.0 Å². The van der Waals surface area contributed by atoms with Crippen LogP contribution in [0.15, 0.2) is 18.2 Å². The van der Waals surface area contributed by atoms with E-state index >= 15 is 0 Å². The van der Waals surface area contributed by atoms with E-state index in [1.807, 2.05) is 0 Å². The Bertz CT molecular complexity index is 384. The zero-order valence-electron chi connectivity index (χ0n) is 9.78. The van der Waals surface area contributed by atoms with Gasteiger partial charge < -0.3 is 14.5 Å². The third-order valence-corrected chi connectivity index (χ3v) is 3.54. The van der Waals surface area contributed by atoms with Gasteiger partial charge in [-0.2, -0.15) is 0 Å². The monoisotopic (exact) mass is 218 g/mol. The fourth-order valence-corrected chi connectivity index (χ4v) is 2.49. The zero-order valence-corrected chi connectivity index (χ0v) is 9.78. The third kappa shape index (κ3) is 1.65. The topological polar surface area (TPSA) is 15.7 Å². The van der Waals surface area contributed by atoms with Crippen molar-refractivity contribution in [3.63, 3.8) is 0 Å². The summed E-state index contributed by atoms with van der Waals surface area (Å²) in [6.45, 7) is 5.35. The van der Waals surface area contributed by atoms with E-state index in [9.17, 15) is 0 Å². The Hall–Kier alpha value is -1.22. The van der Waals surface area contributed by atoms with Crippen LogP contribution in [0.4, 0.5) is 5.69 Å². The number of hydrogen-bond acceptors (Lipinski definition) is 3. The molecule has 2 aliphatic rings. The molecule has 0 radical (unpaired) electrons. The average molecular weight is 218 g/mol. The summed E-state index contributed by atoms with van der Waals surface area (Å²) >= 11 is 0. The maximum Gasteiger partial charge on any atom is 0.145 e. The quantitative estimate of drug-likeness (QED) is 0.708. The number of ether oxygens (including phenoxy) is 1. The summed E-state index contributed by atoms with van der Waals surface area (Å²) in [5.74, 6) is 1.13. The molecule has 2 heterocycles. The number of rotatable bonds is 1. The second kappa shape index (κ2) is 3.98. The average Bonchev–Trinajstić information content (AvgIpc) is 2.78. The Morgan fingerprint density at radius 2 is 1.94 bits per heavy atom. The number of hydrogen-bond donors (Lipinski definition) is 0. The van der Waals surface area contributed by atoms with Crippen molar-refractivity contribution >= 4 is 5.69 Å². The third-order valence-electron chi connectivity index (χ3n) is 3.54. The Morgan fingerprint density at radius 1 is 1.12 bits per heavy atom. The Labute approximate surface area is 96.6 Å². The van der Waals surface area contributed by atoms with Crippen molar-refractivity contribution in [2.24, 2.45) is 0 Å². The highest BCUT2D eigenvalue weighted by molar-refractivity contribution is 5.63. The van der Waals surface area contributed by atoms with Crippen LogP contribution in [0, 0.1) is 0 Å². The first-order valence-corrected chi connectivity index (χ1v) is 6.03. The van der Waals surface area contributed by atoms with Gasteiger partial charge in [0, 0.05) is 32.6 Å². The normalized spacial score (nSPS) is 20.7. The fraction of sp³-hybridized carbons (Fsp3) is 0.538. The molecule has 0 N–H and O–H groups in total. The number of likely N-dealkylation sites (N-methyl/N-ethyl adjacent to an activating group) is 1. The van der Waals surface area contributed by atoms with Gasteiger partial charge in [0.05, 0.1) is 12.3 Å². The van der Waals surface area contributed by atoms with Crippen molar-refractivity contribution in [2.45, 2.75) is 6.42 Å². The first-order valence-electron chi connectivity index (χ1n) is 6.03. The van der Waals surface area contributed by atoms with Gasteiger partial charge in [0.2, 0.25) is 0 Å². The smallest absolute Gasteiger partial charge is 0.145 e. The Morgan fingerprint density at radius 3 is 2.75 bits per heavy atom. The Balaban J connectivity index is 1.87. The summed E-state index contributed by atoms with van der Waals surface area (Å²) in [7, 11) is 2.18. The van der Waals surface area contributed by atoms with Crippen molar-refractivity contribution in [2.75, 3.05) is 44.7 Å². The fourth-order valence-electron chi connectivity index (χ4n) is 2.49. The summed E-state index contributed by atoms with van der Waals surface area (Å²) in [4.78, 5) is 4.82. The lowest BCUT2D eigenvalue weighted by atomic mass is 10.1. The molecule has 2 aliphatic heterocycles. The molecule has 0 amide bonds. The summed E-state index contributed by atoms with van der Waals surface area (Å²) in [5, 5.41) is 0. The van der Waals surface area contributed by atoms with Crippen LogP contribution < -0.4 is 9.64 Å². The molecule has 1 aromatic carbocycles. The van der Waals surface area contributed by atoms with E-state index in [-0.39, 0.29) is 0 Å². The van der Waals surface area contributed by atoms with Crippen LogP contribution in [0.3, 0.4) is 0 Å². The van der Waals surface area contributed by atoms with Gasteiger partial charge in [0.15, 0.2) is 0 Å². The molecule has 0 unspecified atom stereocenters. The zero-order chi connectivity index (χ0) is 11.0. The largest absolute Gasteiger partial charge is 0.491 e. The molecule has 3 nitrogen and oxygen atoms in total. The molecule has 3 heteroatoms. The van der Waals surface area contributed by atoms with Crippen molar-refractivity contribution in [3.8, 4) is 5.75 Å². The number of benzene rings is 1. The van der Waals surface area contributed by atoms with Gasteiger partial charge in [-0.05, 0) is 18.7 Å². The highest BCUT2D eigenvalue weighted by atomic mass is 16.5. The second-order valence-electron chi connectivity index (χ2n) is 4.65. The van der Waals surface area contributed by atoms with Gasteiger partial charge in [-0.15, -0.1) is 0 Å². The summed E-state index contributed by atoms with van der Waals surface area (Å²) < 4.78 is 5.75. The molecule has 1 saturated heterocycles. The van der Waals surface area contributed by atoms with Crippen molar-refractivity contribution < 1.29 is 4.74 Å². The predicted molar refractivity (Wildman–Crippen MR) is 65.4 cm³/mol. The van der Waals surface area contributed by atoms with Crippen LogP contribution in [0.2, 0.25) is 0 Å². The van der Waals surface area contributed by atoms with Crippen molar-refractivity contribution in [1.82, 2.24) is 4.90 Å². The first kappa shape index (κ1) is 9.97. The number of nitrogens with zero attached hydrogens (tertiary/aromatic N) is 2. The molecule has 0 bridgehead atoms. The minimum atomic E-state index is 0.847. The lowest BCUT2D eigenvalue weighted by molar-refractivity contribution is 0.309. The van der Waals surface area contributed by atoms with E-state index in [1.54, 1.807) is 0 Å². The van der Waals surface area contributed by atoms with Crippen molar-refractivity contribution in [3.05, 3.63) is 23.8 Å². The van der Waals surface area contributed by atoms with Crippen LogP contribution in [-0.4, -0.2) is 44.7 Å². The number of para-hydroxylation sites is 1. The molecule has 0 aromatic heterocycles. The van der Waals surface area contributed by atoms with Crippen LogP contribution in [0.1, 0.15) is 5.56 Å². The molecule has 1 fully saturated rings. The number of fused-ring (bicyclic) bond motifs is 1. The van der Waals surface area contributed by atoms with Gasteiger partial charge in [-0.3, -0.25) is 0 Å². The molecule has 1 aromatic rings. The SMILES string of the molecule is CN1CCN(c2cccc3c2OCC3)CC1. The van der Waals surface area contributed by atoms with E-state index in [1.165, 1.54) is 11.3 Å². The molecular weight excluding hydrogens is 200 g/mol. The Kier molecular flexibility index (Phi) is 2.48. The minimum Gasteiger partial charge on any atom is -0.491 e. The van der Waals surface area contributed by atoms with Crippen molar-refractivity contribution in [1.29, 1.82) is 0 Å². The minimum absolute atomic E-state index is 0.847. The highest BCUT2D eigenvalue weighted by Crippen LogP contribution is 2.36. The van der Waals surface area contributed by atoms with E-state index in [2.05, 4.69) is 35.0 Å². The first-order chi connectivity index (χ1) is 7.84. The molecule has 0 saturated carbocycles. The van der Waals surface area contributed by atoms with Gasteiger partial charge in [-0.1, -0.05) is 12.1 Å². The van der Waals surface area contributed by atoms with Gasteiger partial charge in [-0.25, -0.2) is 0 Å². The predicted octanol–water partition coefficient (Wildman–Crippen LogP) is 1.37. The van der Waals surface area contributed by atoms with Gasteiger partial charge >= 0.3 is 0 Å². The van der Waals surface area contributed by atoms with Crippen LogP contribution in [0.5, 0.6) is 5.75 Å². The van der Waals surface area contributed by atoms with Gasteiger partial charge in [0.1, 0.15) is 5.75 Å². The number of anilines is 1. The lowest BCUT2D eigenvalue weighted by Crippen LogP contribution is -2.44. The standard InChI is InChI=1S/C13H18N2O/c1-14-6-8-15(9-7-14)12-4-2-3-11-5-10-16-13(11)12/h2-4H,5-10H2,1H3. The molecule has 0 atom stereocenters. The summed E-state index contributed by atoms with van der Waals surface area (Å²) in [6.07, 6.45) is 1.07. The van der Waals surface area contributed by atoms with E-state index in [0.29, 0.717) is 0 Å². The maximum atomic E-state index is 5.75. The van der Waals surface area contributed by atoms with Crippen LogP contribution in [0.25, 0.3) is 0 Å². The van der Waals surface area contributed by atoms with E-state index < -0.39 is 0 Å². The van der Waals surface area contributed by atoms with Crippen LogP contribution >= 0.6 is 0 Å². The maximum absolute atomic E-state index is 5.75. The molecule has 86 valence electrons.